The summed E-state index contributed by atoms with van der Waals surface area (Å²) < 4.78 is 0. The number of carboxylic acid groups (broad SMARTS) is 1. The zero-order valence-corrected chi connectivity index (χ0v) is 7.81. The van der Waals surface area contributed by atoms with Gasteiger partial charge in [-0.05, 0) is 31.0 Å². The molecule has 0 aromatic carbocycles. The minimum atomic E-state index is -0.834. The molecule has 2 N–H and O–H groups in total. The topological polar surface area (TPSA) is 49.3 Å². The van der Waals surface area contributed by atoms with Gasteiger partial charge in [0.1, 0.15) is 6.04 Å². The molecule has 1 rings (SSSR count). The highest BCUT2D eigenvalue weighted by molar-refractivity contribution is 7.10. The lowest BCUT2D eigenvalue weighted by atomic mass is 10.1. The van der Waals surface area contributed by atoms with Crippen molar-refractivity contribution in [3.05, 3.63) is 21.9 Å². The predicted molar refractivity (Wildman–Crippen MR) is 48.5 cm³/mol. The molecular weight excluding hydrogens is 174 g/mol. The first kappa shape index (κ1) is 9.22. The first-order valence-corrected chi connectivity index (χ1v) is 4.49. The van der Waals surface area contributed by atoms with E-state index in [0.717, 1.165) is 10.4 Å². The second-order valence-electron chi connectivity index (χ2n) is 2.49. The van der Waals surface area contributed by atoms with Crippen molar-refractivity contribution < 1.29 is 9.90 Å². The van der Waals surface area contributed by atoms with Crippen molar-refractivity contribution in [2.45, 2.75) is 13.0 Å². The standard InChI is InChI=1S/C8H11NO2S/c1-5-6(3-4-12-5)7(9-2)8(10)11/h3-4,7,9H,1-2H3,(H,10,11). The molecular formula is C8H11NO2S. The lowest BCUT2D eigenvalue weighted by Crippen LogP contribution is -2.24. The molecule has 0 fully saturated rings. The summed E-state index contributed by atoms with van der Waals surface area (Å²) in [6.45, 7) is 1.92. The van der Waals surface area contributed by atoms with E-state index >= 15 is 0 Å². The molecule has 12 heavy (non-hydrogen) atoms. The number of thiophene rings is 1. The van der Waals surface area contributed by atoms with Crippen molar-refractivity contribution in [3.63, 3.8) is 0 Å². The van der Waals surface area contributed by atoms with E-state index in [1.54, 1.807) is 18.4 Å². The van der Waals surface area contributed by atoms with Gasteiger partial charge in [-0.1, -0.05) is 0 Å². The zero-order chi connectivity index (χ0) is 9.14. The highest BCUT2D eigenvalue weighted by Crippen LogP contribution is 2.22. The van der Waals surface area contributed by atoms with Crippen LogP contribution in [0.25, 0.3) is 0 Å². The van der Waals surface area contributed by atoms with Crippen molar-refractivity contribution in [1.29, 1.82) is 0 Å². The molecule has 1 aromatic rings. The highest BCUT2D eigenvalue weighted by atomic mass is 32.1. The first-order chi connectivity index (χ1) is 5.66. The van der Waals surface area contributed by atoms with Gasteiger partial charge >= 0.3 is 5.97 Å². The van der Waals surface area contributed by atoms with Gasteiger partial charge in [-0.15, -0.1) is 11.3 Å². The molecule has 0 spiro atoms. The SMILES string of the molecule is CNC(C(=O)O)c1ccsc1C. The molecule has 4 heteroatoms. The van der Waals surface area contributed by atoms with Gasteiger partial charge in [-0.3, -0.25) is 4.79 Å². The average Bonchev–Trinajstić information content (AvgIpc) is 2.38. The minimum Gasteiger partial charge on any atom is -0.480 e. The lowest BCUT2D eigenvalue weighted by molar-refractivity contribution is -0.139. The van der Waals surface area contributed by atoms with Gasteiger partial charge in [0.25, 0.3) is 0 Å². The molecule has 0 aliphatic carbocycles. The third-order valence-electron chi connectivity index (χ3n) is 1.75. The van der Waals surface area contributed by atoms with Crippen LogP contribution in [0.3, 0.4) is 0 Å². The Kier molecular flexibility index (Phi) is 2.83. The quantitative estimate of drug-likeness (QED) is 0.748. The number of carboxylic acids is 1. The summed E-state index contributed by atoms with van der Waals surface area (Å²) in [5.41, 5.74) is 0.856. The number of nitrogens with one attached hydrogen (secondary N) is 1. The van der Waals surface area contributed by atoms with E-state index in [0.29, 0.717) is 0 Å². The molecule has 0 amide bonds. The Morgan fingerprint density at radius 2 is 2.42 bits per heavy atom. The summed E-state index contributed by atoms with van der Waals surface area (Å²) in [4.78, 5) is 11.8. The normalized spacial score (nSPS) is 12.8. The Hall–Kier alpha value is -0.870. The van der Waals surface area contributed by atoms with Crippen LogP contribution in [0.1, 0.15) is 16.5 Å². The lowest BCUT2D eigenvalue weighted by Gasteiger charge is -2.09. The third-order valence-corrected chi connectivity index (χ3v) is 2.61. The fourth-order valence-electron chi connectivity index (χ4n) is 1.11. The molecule has 1 unspecified atom stereocenters. The maximum Gasteiger partial charge on any atom is 0.325 e. The predicted octanol–water partition coefficient (Wildman–Crippen LogP) is 1.40. The average molecular weight is 185 g/mol. The second-order valence-corrected chi connectivity index (χ2v) is 3.61. The molecule has 1 heterocycles. The Morgan fingerprint density at radius 1 is 1.75 bits per heavy atom. The van der Waals surface area contributed by atoms with Crippen LogP contribution in [0, 0.1) is 6.92 Å². The number of carbonyl (C=O) groups is 1. The number of likely N-dealkylation sites (N-methyl/N-ethyl adjacent to an activating group) is 1. The molecule has 1 atom stereocenters. The zero-order valence-electron chi connectivity index (χ0n) is 7.00. The van der Waals surface area contributed by atoms with Crippen LogP contribution in [0.4, 0.5) is 0 Å². The van der Waals surface area contributed by atoms with E-state index in [1.807, 2.05) is 18.4 Å². The van der Waals surface area contributed by atoms with Crippen molar-refractivity contribution in [3.8, 4) is 0 Å². The second kappa shape index (κ2) is 3.69. The van der Waals surface area contributed by atoms with Gasteiger partial charge in [0.2, 0.25) is 0 Å². The highest BCUT2D eigenvalue weighted by Gasteiger charge is 2.19. The third kappa shape index (κ3) is 1.65. The van der Waals surface area contributed by atoms with Gasteiger partial charge in [-0.25, -0.2) is 0 Å². The number of aryl methyl sites for hydroxylation is 1. The Balaban J connectivity index is 2.94. The molecule has 0 aliphatic rings. The van der Waals surface area contributed by atoms with E-state index in [-0.39, 0.29) is 0 Å². The summed E-state index contributed by atoms with van der Waals surface area (Å²) in [5.74, 6) is -0.834. The monoisotopic (exact) mass is 185 g/mol. The van der Waals surface area contributed by atoms with Gasteiger partial charge in [0.15, 0.2) is 0 Å². The Morgan fingerprint density at radius 3 is 2.75 bits per heavy atom. The minimum absolute atomic E-state index is 0.573. The Labute approximate surface area is 75.0 Å². The van der Waals surface area contributed by atoms with Gasteiger partial charge in [0.05, 0.1) is 0 Å². The summed E-state index contributed by atoms with van der Waals surface area (Å²) in [6, 6.07) is 1.27. The summed E-state index contributed by atoms with van der Waals surface area (Å²) in [5, 5.41) is 13.5. The number of rotatable bonds is 3. The van der Waals surface area contributed by atoms with Crippen LogP contribution in [-0.2, 0) is 4.79 Å². The molecule has 3 nitrogen and oxygen atoms in total. The molecule has 0 saturated heterocycles. The summed E-state index contributed by atoms with van der Waals surface area (Å²) in [7, 11) is 1.65. The van der Waals surface area contributed by atoms with Crippen molar-refractivity contribution in [1.82, 2.24) is 5.32 Å². The van der Waals surface area contributed by atoms with Crippen molar-refractivity contribution >= 4 is 17.3 Å². The number of hydrogen-bond donors (Lipinski definition) is 2. The Bertz CT molecular complexity index is 282. The summed E-state index contributed by atoms with van der Waals surface area (Å²) >= 11 is 1.56. The fraction of sp³-hybridized carbons (Fsp3) is 0.375. The van der Waals surface area contributed by atoms with Crippen LogP contribution < -0.4 is 5.32 Å². The number of aliphatic carboxylic acids is 1. The summed E-state index contributed by atoms with van der Waals surface area (Å²) in [6.07, 6.45) is 0. The van der Waals surface area contributed by atoms with Crippen LogP contribution in [0.5, 0.6) is 0 Å². The smallest absolute Gasteiger partial charge is 0.325 e. The largest absolute Gasteiger partial charge is 0.480 e. The van der Waals surface area contributed by atoms with E-state index in [9.17, 15) is 4.79 Å². The molecule has 0 saturated carbocycles. The molecule has 0 bridgehead atoms. The van der Waals surface area contributed by atoms with Crippen molar-refractivity contribution in [2.75, 3.05) is 7.05 Å². The molecule has 66 valence electrons. The van der Waals surface area contributed by atoms with E-state index in [2.05, 4.69) is 5.32 Å². The van der Waals surface area contributed by atoms with E-state index < -0.39 is 12.0 Å². The van der Waals surface area contributed by atoms with Gasteiger partial charge < -0.3 is 10.4 Å². The van der Waals surface area contributed by atoms with Crippen LogP contribution in [-0.4, -0.2) is 18.1 Å². The number of hydrogen-bond acceptors (Lipinski definition) is 3. The van der Waals surface area contributed by atoms with Crippen LogP contribution >= 0.6 is 11.3 Å². The van der Waals surface area contributed by atoms with E-state index in [1.165, 1.54) is 0 Å². The molecule has 0 aliphatic heterocycles. The maximum atomic E-state index is 10.7. The van der Waals surface area contributed by atoms with E-state index in [4.69, 9.17) is 5.11 Å². The molecule has 0 radical (unpaired) electrons. The van der Waals surface area contributed by atoms with Gasteiger partial charge in [0, 0.05) is 4.88 Å². The fourth-order valence-corrected chi connectivity index (χ4v) is 1.85. The van der Waals surface area contributed by atoms with Crippen LogP contribution in [0.2, 0.25) is 0 Å². The first-order valence-electron chi connectivity index (χ1n) is 3.61. The van der Waals surface area contributed by atoms with Crippen LogP contribution in [0.15, 0.2) is 11.4 Å². The maximum absolute atomic E-state index is 10.7. The van der Waals surface area contributed by atoms with Gasteiger partial charge in [-0.2, -0.15) is 0 Å². The van der Waals surface area contributed by atoms with Crippen molar-refractivity contribution in [2.24, 2.45) is 0 Å². The molecule has 1 aromatic heterocycles.